The molecule has 0 aliphatic carbocycles. The van der Waals surface area contributed by atoms with Crippen molar-refractivity contribution in [1.29, 1.82) is 0 Å². The van der Waals surface area contributed by atoms with Crippen molar-refractivity contribution in [2.24, 2.45) is 0 Å². The van der Waals surface area contributed by atoms with Gasteiger partial charge in [-0.1, -0.05) is 12.5 Å². The standard InChI is InChI=1S/C14H15N3/c1-2-16-8-10-17(11-9-16)14-5-3-4-13-12(14)6-7-15-13/h1,3-7,15H,8-11H2. The first-order valence-corrected chi connectivity index (χ1v) is 5.91. The fraction of sp³-hybridized carbons (Fsp3) is 0.286. The van der Waals surface area contributed by atoms with Crippen LogP contribution in [0.5, 0.6) is 0 Å². The Morgan fingerprint density at radius 2 is 1.94 bits per heavy atom. The fourth-order valence-corrected chi connectivity index (χ4v) is 2.42. The Bertz CT molecular complexity index is 556. The number of hydrogen-bond acceptors (Lipinski definition) is 2. The van der Waals surface area contributed by atoms with Crippen molar-refractivity contribution >= 4 is 16.6 Å². The first kappa shape index (κ1) is 10.1. The number of rotatable bonds is 1. The number of aromatic amines is 1. The van der Waals surface area contributed by atoms with Crippen LogP contribution in [0, 0.1) is 12.5 Å². The Labute approximate surface area is 101 Å². The number of hydrogen-bond donors (Lipinski definition) is 1. The minimum Gasteiger partial charge on any atom is -0.367 e. The second kappa shape index (κ2) is 4.06. The molecule has 0 saturated carbocycles. The van der Waals surface area contributed by atoms with E-state index in [0.717, 1.165) is 26.2 Å². The lowest BCUT2D eigenvalue weighted by atomic mass is 10.2. The number of terminal acetylenes is 1. The van der Waals surface area contributed by atoms with E-state index in [1.807, 2.05) is 11.1 Å². The Balaban J connectivity index is 1.90. The zero-order valence-corrected chi connectivity index (χ0v) is 9.69. The van der Waals surface area contributed by atoms with Gasteiger partial charge in [-0.2, -0.15) is 0 Å². The van der Waals surface area contributed by atoms with E-state index in [4.69, 9.17) is 6.42 Å². The second-order valence-electron chi connectivity index (χ2n) is 4.32. The molecule has 1 aromatic heterocycles. The summed E-state index contributed by atoms with van der Waals surface area (Å²) in [4.78, 5) is 7.69. The van der Waals surface area contributed by atoms with Crippen molar-refractivity contribution in [2.45, 2.75) is 0 Å². The molecule has 1 aliphatic rings. The predicted molar refractivity (Wildman–Crippen MR) is 70.9 cm³/mol. The molecule has 1 saturated heterocycles. The van der Waals surface area contributed by atoms with Gasteiger partial charge in [-0.25, -0.2) is 0 Å². The lowest BCUT2D eigenvalue weighted by molar-refractivity contribution is 0.369. The van der Waals surface area contributed by atoms with Gasteiger partial charge in [-0.05, 0) is 18.2 Å². The fourth-order valence-electron chi connectivity index (χ4n) is 2.42. The van der Waals surface area contributed by atoms with Crippen LogP contribution < -0.4 is 4.90 Å². The summed E-state index contributed by atoms with van der Waals surface area (Å²) in [5.41, 5.74) is 2.50. The van der Waals surface area contributed by atoms with Crippen LogP contribution in [0.15, 0.2) is 30.5 Å². The minimum absolute atomic E-state index is 0.942. The molecule has 0 atom stereocenters. The van der Waals surface area contributed by atoms with Gasteiger partial charge in [0.25, 0.3) is 0 Å². The lowest BCUT2D eigenvalue weighted by Crippen LogP contribution is -2.44. The maximum atomic E-state index is 5.41. The van der Waals surface area contributed by atoms with Crippen molar-refractivity contribution < 1.29 is 0 Å². The first-order valence-electron chi connectivity index (χ1n) is 5.91. The monoisotopic (exact) mass is 225 g/mol. The number of nitrogens with one attached hydrogen (secondary N) is 1. The van der Waals surface area contributed by atoms with Crippen LogP contribution in [0.25, 0.3) is 10.9 Å². The Morgan fingerprint density at radius 3 is 2.71 bits per heavy atom. The van der Waals surface area contributed by atoms with Crippen LogP contribution in [-0.2, 0) is 0 Å². The number of aromatic nitrogens is 1. The lowest BCUT2D eigenvalue weighted by Gasteiger charge is -2.34. The van der Waals surface area contributed by atoms with Crippen molar-refractivity contribution in [3.8, 4) is 12.5 Å². The average Bonchev–Trinajstić information content (AvgIpc) is 2.87. The van der Waals surface area contributed by atoms with E-state index in [9.17, 15) is 0 Å². The largest absolute Gasteiger partial charge is 0.367 e. The van der Waals surface area contributed by atoms with Crippen molar-refractivity contribution in [2.75, 3.05) is 31.1 Å². The highest BCUT2D eigenvalue weighted by atomic mass is 15.2. The maximum absolute atomic E-state index is 5.41. The van der Waals surface area contributed by atoms with Crippen molar-refractivity contribution in [1.82, 2.24) is 9.88 Å². The highest BCUT2D eigenvalue weighted by Crippen LogP contribution is 2.26. The molecule has 3 rings (SSSR count). The van der Waals surface area contributed by atoms with Gasteiger partial charge in [-0.15, -0.1) is 0 Å². The Hall–Kier alpha value is -2.08. The molecule has 0 bridgehead atoms. The van der Waals surface area contributed by atoms with E-state index in [-0.39, 0.29) is 0 Å². The summed E-state index contributed by atoms with van der Waals surface area (Å²) < 4.78 is 0. The van der Waals surface area contributed by atoms with Crippen LogP contribution in [0.3, 0.4) is 0 Å². The van der Waals surface area contributed by atoms with Crippen LogP contribution in [-0.4, -0.2) is 36.1 Å². The van der Waals surface area contributed by atoms with Crippen molar-refractivity contribution in [3.63, 3.8) is 0 Å². The second-order valence-corrected chi connectivity index (χ2v) is 4.32. The molecule has 0 amide bonds. The Kier molecular flexibility index (Phi) is 2.41. The van der Waals surface area contributed by atoms with E-state index >= 15 is 0 Å². The van der Waals surface area contributed by atoms with Gasteiger partial charge < -0.3 is 14.8 Å². The molecule has 0 unspecified atom stereocenters. The normalized spacial score (nSPS) is 16.2. The third-order valence-electron chi connectivity index (χ3n) is 3.37. The molecule has 1 N–H and O–H groups in total. The van der Waals surface area contributed by atoms with E-state index in [1.54, 1.807) is 0 Å². The molecule has 0 spiro atoms. The molecule has 0 radical (unpaired) electrons. The van der Waals surface area contributed by atoms with Crippen LogP contribution in [0.1, 0.15) is 0 Å². The van der Waals surface area contributed by atoms with Gasteiger partial charge in [0.2, 0.25) is 0 Å². The number of piperazine rings is 1. The number of benzene rings is 1. The number of anilines is 1. The van der Waals surface area contributed by atoms with Crippen LogP contribution in [0.2, 0.25) is 0 Å². The number of H-pyrrole nitrogens is 1. The van der Waals surface area contributed by atoms with E-state index in [0.29, 0.717) is 0 Å². The predicted octanol–water partition coefficient (Wildman–Crippen LogP) is 1.88. The molecular formula is C14H15N3. The molecule has 1 fully saturated rings. The summed E-state index contributed by atoms with van der Waals surface area (Å²) in [6, 6.07) is 11.2. The molecule has 1 aliphatic heterocycles. The molecule has 86 valence electrons. The molecule has 2 aromatic rings. The summed E-state index contributed by atoms with van der Waals surface area (Å²) in [7, 11) is 0. The minimum atomic E-state index is 0.942. The quantitative estimate of drug-likeness (QED) is 0.749. The summed E-state index contributed by atoms with van der Waals surface area (Å²) in [5.74, 6) is 0. The van der Waals surface area contributed by atoms with Gasteiger partial charge in [-0.3, -0.25) is 0 Å². The van der Waals surface area contributed by atoms with Gasteiger partial charge in [0.1, 0.15) is 0 Å². The number of fused-ring (bicyclic) bond motifs is 1. The Morgan fingerprint density at radius 1 is 1.12 bits per heavy atom. The van der Waals surface area contributed by atoms with Crippen LogP contribution >= 0.6 is 0 Å². The summed E-state index contributed by atoms with van der Waals surface area (Å²) >= 11 is 0. The molecule has 1 aromatic carbocycles. The molecule has 17 heavy (non-hydrogen) atoms. The average molecular weight is 225 g/mol. The zero-order chi connectivity index (χ0) is 11.7. The van der Waals surface area contributed by atoms with Crippen LogP contribution in [0.4, 0.5) is 5.69 Å². The topological polar surface area (TPSA) is 22.3 Å². The maximum Gasteiger partial charge on any atom is 0.0474 e. The zero-order valence-electron chi connectivity index (χ0n) is 9.69. The molecule has 3 heteroatoms. The van der Waals surface area contributed by atoms with Crippen molar-refractivity contribution in [3.05, 3.63) is 30.5 Å². The summed E-state index contributed by atoms with van der Waals surface area (Å²) in [6.45, 7) is 3.87. The molecular weight excluding hydrogens is 210 g/mol. The van der Waals surface area contributed by atoms with E-state index in [1.165, 1.54) is 16.6 Å². The van der Waals surface area contributed by atoms with Gasteiger partial charge in [0, 0.05) is 55.0 Å². The van der Waals surface area contributed by atoms with Gasteiger partial charge in [0.05, 0.1) is 0 Å². The number of nitrogens with zero attached hydrogens (tertiary/aromatic N) is 2. The molecule has 3 nitrogen and oxygen atoms in total. The third kappa shape index (κ3) is 1.72. The summed E-state index contributed by atoms with van der Waals surface area (Å²) in [5, 5.41) is 1.29. The highest BCUT2D eigenvalue weighted by Gasteiger charge is 2.16. The van der Waals surface area contributed by atoms with Gasteiger partial charge >= 0.3 is 0 Å². The SMILES string of the molecule is C#CN1CCN(c2cccc3[nH]ccc23)CC1. The smallest absolute Gasteiger partial charge is 0.0474 e. The molecule has 2 heterocycles. The van der Waals surface area contributed by atoms with E-state index < -0.39 is 0 Å². The third-order valence-corrected chi connectivity index (χ3v) is 3.37. The summed E-state index contributed by atoms with van der Waals surface area (Å²) in [6.07, 6.45) is 7.41. The first-order chi connectivity index (χ1) is 8.38. The van der Waals surface area contributed by atoms with E-state index in [2.05, 4.69) is 40.2 Å². The van der Waals surface area contributed by atoms with Gasteiger partial charge in [0.15, 0.2) is 0 Å². The highest BCUT2D eigenvalue weighted by molar-refractivity contribution is 5.92.